The number of nitrogens with one attached hydrogen (secondary N) is 1. The predicted octanol–water partition coefficient (Wildman–Crippen LogP) is 2.56. The average molecular weight is 210 g/mol. The van der Waals surface area contributed by atoms with Gasteiger partial charge >= 0.3 is 0 Å². The molecule has 1 N–H and O–H groups in total. The van der Waals surface area contributed by atoms with Crippen molar-refractivity contribution in [1.82, 2.24) is 5.32 Å². The molecular formula is C12H19FN2. The van der Waals surface area contributed by atoms with Crippen molar-refractivity contribution in [3.8, 4) is 0 Å². The molecule has 0 heterocycles. The molecule has 0 aliphatic carbocycles. The molecular weight excluding hydrogens is 191 g/mol. The SMILES string of the molecule is CCN(C)c1cccc(F)c1C(C)NC. The van der Waals surface area contributed by atoms with Crippen molar-refractivity contribution in [2.45, 2.75) is 19.9 Å². The Bertz CT molecular complexity index is 325. The molecule has 1 atom stereocenters. The fraction of sp³-hybridized carbons (Fsp3) is 0.500. The van der Waals surface area contributed by atoms with Crippen molar-refractivity contribution >= 4 is 5.69 Å². The average Bonchev–Trinajstić information content (AvgIpc) is 2.26. The second kappa shape index (κ2) is 5.12. The number of rotatable bonds is 4. The van der Waals surface area contributed by atoms with Crippen molar-refractivity contribution in [2.24, 2.45) is 0 Å². The molecule has 1 aromatic rings. The molecule has 2 nitrogen and oxygen atoms in total. The van der Waals surface area contributed by atoms with Gasteiger partial charge in [-0.05, 0) is 33.0 Å². The van der Waals surface area contributed by atoms with E-state index >= 15 is 0 Å². The lowest BCUT2D eigenvalue weighted by Gasteiger charge is -2.24. The van der Waals surface area contributed by atoms with E-state index in [2.05, 4.69) is 12.2 Å². The zero-order chi connectivity index (χ0) is 11.4. The van der Waals surface area contributed by atoms with Crippen LogP contribution < -0.4 is 10.2 Å². The Labute approximate surface area is 91.1 Å². The van der Waals surface area contributed by atoms with Gasteiger partial charge in [-0.2, -0.15) is 0 Å². The van der Waals surface area contributed by atoms with Crippen LogP contribution in [0.5, 0.6) is 0 Å². The smallest absolute Gasteiger partial charge is 0.130 e. The van der Waals surface area contributed by atoms with E-state index in [-0.39, 0.29) is 11.9 Å². The lowest BCUT2D eigenvalue weighted by molar-refractivity contribution is 0.561. The summed E-state index contributed by atoms with van der Waals surface area (Å²) in [4.78, 5) is 2.05. The molecule has 0 amide bonds. The van der Waals surface area contributed by atoms with Crippen molar-refractivity contribution in [3.63, 3.8) is 0 Å². The molecule has 3 heteroatoms. The maximum atomic E-state index is 13.7. The Morgan fingerprint density at radius 1 is 1.47 bits per heavy atom. The second-order valence-electron chi connectivity index (χ2n) is 3.70. The largest absolute Gasteiger partial charge is 0.375 e. The third-order valence-electron chi connectivity index (χ3n) is 2.78. The zero-order valence-electron chi connectivity index (χ0n) is 9.84. The zero-order valence-corrected chi connectivity index (χ0v) is 9.84. The van der Waals surface area contributed by atoms with Gasteiger partial charge in [-0.15, -0.1) is 0 Å². The Morgan fingerprint density at radius 2 is 2.13 bits per heavy atom. The Morgan fingerprint density at radius 3 is 2.67 bits per heavy atom. The third kappa shape index (κ3) is 2.48. The van der Waals surface area contributed by atoms with Gasteiger partial charge in [-0.25, -0.2) is 4.39 Å². The molecule has 0 aliphatic rings. The first-order chi connectivity index (χ1) is 7.11. The summed E-state index contributed by atoms with van der Waals surface area (Å²) in [6.45, 7) is 4.89. The fourth-order valence-corrected chi connectivity index (χ4v) is 1.60. The molecule has 1 unspecified atom stereocenters. The highest BCUT2D eigenvalue weighted by Crippen LogP contribution is 2.27. The van der Waals surface area contributed by atoms with Crippen LogP contribution in [0.15, 0.2) is 18.2 Å². The van der Waals surface area contributed by atoms with Gasteiger partial charge in [0.1, 0.15) is 5.82 Å². The van der Waals surface area contributed by atoms with E-state index in [0.29, 0.717) is 0 Å². The maximum absolute atomic E-state index is 13.7. The summed E-state index contributed by atoms with van der Waals surface area (Å²) >= 11 is 0. The minimum absolute atomic E-state index is 0.0233. The molecule has 0 aliphatic heterocycles. The number of hydrogen-bond donors (Lipinski definition) is 1. The van der Waals surface area contributed by atoms with Crippen LogP contribution in [0.1, 0.15) is 25.5 Å². The van der Waals surface area contributed by atoms with Gasteiger partial charge in [-0.3, -0.25) is 0 Å². The summed E-state index contributed by atoms with van der Waals surface area (Å²) in [5.74, 6) is -0.144. The molecule has 0 bridgehead atoms. The van der Waals surface area contributed by atoms with Gasteiger partial charge < -0.3 is 10.2 Å². The van der Waals surface area contributed by atoms with Crippen LogP contribution >= 0.6 is 0 Å². The van der Waals surface area contributed by atoms with Gasteiger partial charge in [-0.1, -0.05) is 6.07 Å². The minimum atomic E-state index is -0.144. The van der Waals surface area contributed by atoms with Crippen LogP contribution in [0.2, 0.25) is 0 Å². The monoisotopic (exact) mass is 210 g/mol. The van der Waals surface area contributed by atoms with Crippen LogP contribution in [0, 0.1) is 5.82 Å². The van der Waals surface area contributed by atoms with Crippen molar-refractivity contribution in [2.75, 3.05) is 25.5 Å². The molecule has 84 valence electrons. The first-order valence-electron chi connectivity index (χ1n) is 5.28. The van der Waals surface area contributed by atoms with Gasteiger partial charge in [0.25, 0.3) is 0 Å². The molecule has 1 rings (SSSR count). The highest BCUT2D eigenvalue weighted by atomic mass is 19.1. The van der Waals surface area contributed by atoms with Crippen molar-refractivity contribution in [3.05, 3.63) is 29.6 Å². The molecule has 15 heavy (non-hydrogen) atoms. The molecule has 1 aromatic carbocycles. The van der Waals surface area contributed by atoms with E-state index in [1.807, 2.05) is 32.0 Å². The molecule has 0 spiro atoms. The van der Waals surface area contributed by atoms with E-state index in [4.69, 9.17) is 0 Å². The standard InChI is InChI=1S/C12H19FN2/c1-5-15(4)11-8-6-7-10(13)12(11)9(2)14-3/h6-9,14H,5H2,1-4H3. The molecule has 0 radical (unpaired) electrons. The van der Waals surface area contributed by atoms with Gasteiger partial charge in [0.2, 0.25) is 0 Å². The summed E-state index contributed by atoms with van der Waals surface area (Å²) in [7, 11) is 3.81. The normalized spacial score (nSPS) is 12.6. The second-order valence-corrected chi connectivity index (χ2v) is 3.70. The summed E-state index contributed by atoms with van der Waals surface area (Å²) in [5, 5.41) is 3.07. The summed E-state index contributed by atoms with van der Waals surface area (Å²) < 4.78 is 13.7. The highest BCUT2D eigenvalue weighted by molar-refractivity contribution is 5.54. The Kier molecular flexibility index (Phi) is 4.09. The summed E-state index contributed by atoms with van der Waals surface area (Å²) in [5.41, 5.74) is 1.70. The number of benzene rings is 1. The van der Waals surface area contributed by atoms with Gasteiger partial charge in [0.15, 0.2) is 0 Å². The van der Waals surface area contributed by atoms with Crippen LogP contribution in [0.4, 0.5) is 10.1 Å². The first-order valence-corrected chi connectivity index (χ1v) is 5.28. The lowest BCUT2D eigenvalue weighted by atomic mass is 10.0. The quantitative estimate of drug-likeness (QED) is 0.821. The summed E-state index contributed by atoms with van der Waals surface area (Å²) in [6, 6.07) is 5.24. The van der Waals surface area contributed by atoms with Crippen molar-refractivity contribution < 1.29 is 4.39 Å². The van der Waals surface area contributed by atoms with Crippen LogP contribution in [0.25, 0.3) is 0 Å². The Balaban J connectivity index is 3.19. The number of nitrogens with zero attached hydrogens (tertiary/aromatic N) is 1. The first kappa shape index (κ1) is 12.0. The van der Waals surface area contributed by atoms with Crippen molar-refractivity contribution in [1.29, 1.82) is 0 Å². The van der Waals surface area contributed by atoms with Gasteiger partial charge in [0.05, 0.1) is 0 Å². The van der Waals surface area contributed by atoms with Crippen LogP contribution in [-0.2, 0) is 0 Å². The van der Waals surface area contributed by atoms with E-state index in [1.54, 1.807) is 6.07 Å². The lowest BCUT2D eigenvalue weighted by Crippen LogP contribution is -2.22. The summed E-state index contributed by atoms with van der Waals surface area (Å²) in [6.07, 6.45) is 0. The highest BCUT2D eigenvalue weighted by Gasteiger charge is 2.15. The third-order valence-corrected chi connectivity index (χ3v) is 2.78. The van der Waals surface area contributed by atoms with Crippen LogP contribution in [-0.4, -0.2) is 20.6 Å². The minimum Gasteiger partial charge on any atom is -0.375 e. The maximum Gasteiger partial charge on any atom is 0.130 e. The number of hydrogen-bond acceptors (Lipinski definition) is 2. The molecule has 0 saturated carbocycles. The number of halogens is 1. The molecule has 0 aromatic heterocycles. The van der Waals surface area contributed by atoms with Gasteiger partial charge in [0, 0.05) is 30.9 Å². The number of anilines is 1. The van der Waals surface area contributed by atoms with E-state index in [1.165, 1.54) is 6.07 Å². The predicted molar refractivity (Wildman–Crippen MR) is 62.8 cm³/mol. The Hall–Kier alpha value is -1.09. The molecule has 0 fully saturated rings. The fourth-order valence-electron chi connectivity index (χ4n) is 1.60. The van der Waals surface area contributed by atoms with E-state index < -0.39 is 0 Å². The topological polar surface area (TPSA) is 15.3 Å². The van der Waals surface area contributed by atoms with E-state index in [0.717, 1.165) is 17.8 Å². The van der Waals surface area contributed by atoms with E-state index in [9.17, 15) is 4.39 Å². The molecule has 0 saturated heterocycles. The van der Waals surface area contributed by atoms with Crippen LogP contribution in [0.3, 0.4) is 0 Å².